The molecule has 0 aliphatic heterocycles. The fourth-order valence-electron chi connectivity index (χ4n) is 1.27. The number of aliphatic hydroxyl groups is 1. The predicted molar refractivity (Wildman–Crippen MR) is 66.9 cm³/mol. The number of nitrogens with one attached hydrogen (secondary N) is 1. The summed E-state index contributed by atoms with van der Waals surface area (Å²) in [4.78, 5) is 10.1. The summed E-state index contributed by atoms with van der Waals surface area (Å²) in [7, 11) is 0. The van der Waals surface area contributed by atoms with Crippen molar-refractivity contribution in [3.63, 3.8) is 0 Å². The van der Waals surface area contributed by atoms with E-state index in [0.29, 0.717) is 5.69 Å². The largest absolute Gasteiger partial charge is 0.393 e. The number of nitro groups is 1. The maximum Gasteiger partial charge on any atom is 0.292 e. The van der Waals surface area contributed by atoms with Crippen LogP contribution in [0, 0.1) is 10.1 Å². The Morgan fingerprint density at radius 3 is 2.53 bits per heavy atom. The summed E-state index contributed by atoms with van der Waals surface area (Å²) in [6.45, 7) is 5.33. The lowest BCUT2D eigenvalue weighted by Crippen LogP contribution is -2.41. The lowest BCUT2D eigenvalue weighted by Gasteiger charge is -2.30. The Balaban J connectivity index is 2.96. The Labute approximate surface area is 99.6 Å². The van der Waals surface area contributed by atoms with Crippen LogP contribution in [0.4, 0.5) is 17.1 Å². The van der Waals surface area contributed by atoms with E-state index in [-0.39, 0.29) is 11.4 Å². The van der Waals surface area contributed by atoms with Crippen molar-refractivity contribution in [3.05, 3.63) is 28.3 Å². The summed E-state index contributed by atoms with van der Waals surface area (Å²) < 4.78 is 0. The van der Waals surface area contributed by atoms with Crippen LogP contribution in [-0.4, -0.2) is 21.7 Å². The average molecular weight is 239 g/mol. The van der Waals surface area contributed by atoms with E-state index in [2.05, 4.69) is 5.32 Å². The van der Waals surface area contributed by atoms with Crippen LogP contribution in [0.15, 0.2) is 18.2 Å². The molecule has 0 bridgehead atoms. The Kier molecular flexibility index (Phi) is 3.57. The molecule has 1 aromatic carbocycles. The van der Waals surface area contributed by atoms with Gasteiger partial charge in [-0.1, -0.05) is 0 Å². The summed E-state index contributed by atoms with van der Waals surface area (Å²) in [6, 6.07) is 4.40. The zero-order chi connectivity index (χ0) is 13.2. The number of hydrogen-bond donors (Lipinski definition) is 3. The number of nitrogens with two attached hydrogens (primary N) is 1. The molecule has 17 heavy (non-hydrogen) atoms. The van der Waals surface area contributed by atoms with Crippen molar-refractivity contribution >= 4 is 17.1 Å². The Morgan fingerprint density at radius 2 is 2.12 bits per heavy atom. The smallest absolute Gasteiger partial charge is 0.292 e. The molecule has 0 spiro atoms. The second kappa shape index (κ2) is 4.58. The van der Waals surface area contributed by atoms with Gasteiger partial charge < -0.3 is 16.2 Å². The third kappa shape index (κ3) is 3.07. The fourth-order valence-corrected chi connectivity index (χ4v) is 1.27. The number of nitrogen functional groups attached to an aromatic ring is 1. The van der Waals surface area contributed by atoms with Crippen LogP contribution in [0.3, 0.4) is 0 Å². The topological polar surface area (TPSA) is 101 Å². The molecule has 0 aliphatic carbocycles. The van der Waals surface area contributed by atoms with E-state index >= 15 is 0 Å². The van der Waals surface area contributed by atoms with Crippen molar-refractivity contribution in [1.82, 2.24) is 0 Å². The minimum atomic E-state index is -0.570. The molecule has 6 heteroatoms. The maximum atomic E-state index is 10.6. The molecule has 0 heterocycles. The van der Waals surface area contributed by atoms with Crippen LogP contribution in [0.25, 0.3) is 0 Å². The molecular formula is C11H17N3O3. The van der Waals surface area contributed by atoms with Gasteiger partial charge in [0.15, 0.2) is 0 Å². The number of benzene rings is 1. The zero-order valence-corrected chi connectivity index (χ0v) is 10.1. The number of hydrogen-bond acceptors (Lipinski definition) is 5. The minimum Gasteiger partial charge on any atom is -0.393 e. The second-order valence-electron chi connectivity index (χ2n) is 4.55. The van der Waals surface area contributed by atoms with Crippen molar-refractivity contribution in [2.45, 2.75) is 32.4 Å². The quantitative estimate of drug-likeness (QED) is 0.422. The van der Waals surface area contributed by atoms with Crippen LogP contribution in [0.1, 0.15) is 20.8 Å². The summed E-state index contributed by atoms with van der Waals surface area (Å²) in [5.74, 6) is 0. The summed E-state index contributed by atoms with van der Waals surface area (Å²) >= 11 is 0. The van der Waals surface area contributed by atoms with E-state index in [1.165, 1.54) is 12.1 Å². The van der Waals surface area contributed by atoms with Gasteiger partial charge in [-0.05, 0) is 32.9 Å². The van der Waals surface area contributed by atoms with Crippen LogP contribution < -0.4 is 11.1 Å². The van der Waals surface area contributed by atoms with E-state index in [1.54, 1.807) is 13.0 Å². The lowest BCUT2D eigenvalue weighted by molar-refractivity contribution is -0.383. The molecule has 0 aliphatic rings. The molecule has 1 atom stereocenters. The predicted octanol–water partition coefficient (Wildman–Crippen LogP) is 1.75. The van der Waals surface area contributed by atoms with Gasteiger partial charge in [-0.25, -0.2) is 0 Å². The van der Waals surface area contributed by atoms with Gasteiger partial charge in [0.05, 0.1) is 16.6 Å². The fraction of sp³-hybridized carbons (Fsp3) is 0.455. The summed E-state index contributed by atoms with van der Waals surface area (Å²) in [5.41, 5.74) is 5.65. The van der Waals surface area contributed by atoms with Crippen LogP contribution in [0.5, 0.6) is 0 Å². The molecule has 1 rings (SSSR count). The van der Waals surface area contributed by atoms with E-state index in [9.17, 15) is 15.2 Å². The van der Waals surface area contributed by atoms with Crippen LogP contribution in [-0.2, 0) is 0 Å². The van der Waals surface area contributed by atoms with Gasteiger partial charge in [-0.15, -0.1) is 0 Å². The Hall–Kier alpha value is -1.82. The number of anilines is 2. The number of nitrogens with zero attached hydrogens (tertiary/aromatic N) is 1. The third-order valence-corrected chi connectivity index (χ3v) is 2.74. The highest BCUT2D eigenvalue weighted by molar-refractivity contribution is 5.66. The van der Waals surface area contributed by atoms with Gasteiger partial charge in [0, 0.05) is 11.8 Å². The third-order valence-electron chi connectivity index (χ3n) is 2.74. The highest BCUT2D eigenvalue weighted by Crippen LogP contribution is 2.27. The average Bonchev–Trinajstić information content (AvgIpc) is 2.15. The monoisotopic (exact) mass is 239 g/mol. The van der Waals surface area contributed by atoms with Crippen molar-refractivity contribution in [2.24, 2.45) is 0 Å². The Bertz CT molecular complexity index is 430. The molecular weight excluding hydrogens is 222 g/mol. The molecule has 1 unspecified atom stereocenters. The van der Waals surface area contributed by atoms with Crippen molar-refractivity contribution in [1.29, 1.82) is 0 Å². The van der Waals surface area contributed by atoms with Crippen LogP contribution >= 0.6 is 0 Å². The SMILES string of the molecule is CC(O)C(C)(C)Nc1ccc([N+](=O)[O-])c(N)c1. The van der Waals surface area contributed by atoms with E-state index in [1.807, 2.05) is 13.8 Å². The number of aliphatic hydroxyl groups excluding tert-OH is 1. The van der Waals surface area contributed by atoms with Gasteiger partial charge in [0.25, 0.3) is 5.69 Å². The summed E-state index contributed by atoms with van der Waals surface area (Å²) in [6.07, 6.45) is -0.570. The molecule has 0 amide bonds. The number of rotatable bonds is 4. The van der Waals surface area contributed by atoms with E-state index in [4.69, 9.17) is 5.73 Å². The van der Waals surface area contributed by atoms with Gasteiger partial charge >= 0.3 is 0 Å². The Morgan fingerprint density at radius 1 is 1.53 bits per heavy atom. The van der Waals surface area contributed by atoms with Gasteiger partial charge in [0.1, 0.15) is 5.69 Å². The van der Waals surface area contributed by atoms with Crippen molar-refractivity contribution < 1.29 is 10.0 Å². The highest BCUT2D eigenvalue weighted by Gasteiger charge is 2.24. The molecule has 0 fully saturated rings. The normalized spacial score (nSPS) is 13.2. The highest BCUT2D eigenvalue weighted by atomic mass is 16.6. The first-order valence-electron chi connectivity index (χ1n) is 5.24. The maximum absolute atomic E-state index is 10.6. The van der Waals surface area contributed by atoms with Crippen LogP contribution in [0.2, 0.25) is 0 Å². The van der Waals surface area contributed by atoms with Gasteiger partial charge in [-0.2, -0.15) is 0 Å². The molecule has 1 aromatic rings. The molecule has 0 aromatic heterocycles. The summed E-state index contributed by atoms with van der Waals surface area (Å²) in [5, 5.41) is 23.2. The lowest BCUT2D eigenvalue weighted by atomic mass is 9.98. The van der Waals surface area contributed by atoms with E-state index < -0.39 is 16.6 Å². The standard InChI is InChI=1S/C11H17N3O3/c1-7(15)11(2,3)13-8-4-5-10(14(16)17)9(12)6-8/h4-7,13,15H,12H2,1-3H3. The van der Waals surface area contributed by atoms with Crippen molar-refractivity contribution in [2.75, 3.05) is 11.1 Å². The van der Waals surface area contributed by atoms with Gasteiger partial charge in [-0.3, -0.25) is 10.1 Å². The van der Waals surface area contributed by atoms with E-state index in [0.717, 1.165) is 0 Å². The molecule has 0 saturated heterocycles. The minimum absolute atomic E-state index is 0.0985. The molecule has 94 valence electrons. The zero-order valence-electron chi connectivity index (χ0n) is 10.1. The first kappa shape index (κ1) is 13.2. The van der Waals surface area contributed by atoms with Crippen molar-refractivity contribution in [3.8, 4) is 0 Å². The second-order valence-corrected chi connectivity index (χ2v) is 4.55. The molecule has 0 saturated carbocycles. The molecule has 4 N–H and O–H groups in total. The number of nitro benzene ring substituents is 1. The first-order valence-corrected chi connectivity index (χ1v) is 5.24. The molecule has 0 radical (unpaired) electrons. The van der Waals surface area contributed by atoms with Gasteiger partial charge in [0.2, 0.25) is 0 Å². The first-order chi connectivity index (χ1) is 7.74. The molecule has 6 nitrogen and oxygen atoms in total.